The van der Waals surface area contributed by atoms with Gasteiger partial charge >= 0.3 is 130 Å². The van der Waals surface area contributed by atoms with Gasteiger partial charge in [0, 0.05) is 0 Å². The Labute approximate surface area is 130 Å². The van der Waals surface area contributed by atoms with Gasteiger partial charge < -0.3 is 0 Å². The Kier molecular flexibility index (Phi) is 3.42. The number of aromatic nitrogens is 1. The first-order chi connectivity index (χ1) is 9.78. The quantitative estimate of drug-likeness (QED) is 0.864. The molecule has 20 heavy (non-hydrogen) atoms. The molecular weight excluding hydrogens is 309 g/mol. The van der Waals surface area contributed by atoms with E-state index in [1.165, 1.54) is 44.3 Å². The number of nitrogens with zero attached hydrogens (tertiary/aromatic N) is 2. The average Bonchev–Trinajstić information content (AvgIpc) is 3.15. The van der Waals surface area contributed by atoms with E-state index in [2.05, 4.69) is 44.2 Å². The summed E-state index contributed by atoms with van der Waals surface area (Å²) in [6.07, 6.45) is 8.93. The van der Waals surface area contributed by atoms with Crippen LogP contribution in [-0.2, 0) is 0 Å². The molecule has 1 aliphatic heterocycles. The van der Waals surface area contributed by atoms with Gasteiger partial charge in [-0.15, -0.1) is 0 Å². The molecule has 0 aromatic carbocycles. The molecule has 1 N–H and O–H groups in total. The third kappa shape index (κ3) is 2.45. The molecule has 106 valence electrons. The van der Waals surface area contributed by atoms with Gasteiger partial charge in [-0.3, -0.25) is 0 Å². The molecule has 2 bridgehead atoms. The van der Waals surface area contributed by atoms with Gasteiger partial charge in [0.05, 0.1) is 0 Å². The molecule has 4 rings (SSSR count). The van der Waals surface area contributed by atoms with Crippen molar-refractivity contribution in [1.29, 1.82) is 0 Å². The van der Waals surface area contributed by atoms with Gasteiger partial charge in [0.15, 0.2) is 0 Å². The third-order valence-electron chi connectivity index (χ3n) is 5.34. The van der Waals surface area contributed by atoms with Crippen LogP contribution >= 0.6 is 0 Å². The van der Waals surface area contributed by atoms with E-state index in [9.17, 15) is 0 Å². The van der Waals surface area contributed by atoms with E-state index in [1.54, 1.807) is 0 Å². The Morgan fingerprint density at radius 1 is 1.25 bits per heavy atom. The molecule has 4 unspecified atom stereocenters. The Bertz CT molecular complexity index is 492. The fraction of sp³-hybridized carbons (Fsp3) is 0.688. The van der Waals surface area contributed by atoms with Crippen LogP contribution in [0, 0.1) is 11.8 Å². The Morgan fingerprint density at radius 3 is 2.90 bits per heavy atom. The first kappa shape index (κ1) is 13.0. The summed E-state index contributed by atoms with van der Waals surface area (Å²) in [6.45, 7) is 2.34. The van der Waals surface area contributed by atoms with Crippen LogP contribution < -0.4 is 10.2 Å². The molecule has 2 saturated carbocycles. The Morgan fingerprint density at radius 2 is 2.20 bits per heavy atom. The molecule has 2 radical (unpaired) electrons. The fourth-order valence-corrected chi connectivity index (χ4v) is 4.94. The number of nitrogens with one attached hydrogen (secondary N) is 1. The number of rotatable bonds is 3. The van der Waals surface area contributed by atoms with Crippen molar-refractivity contribution in [3.8, 4) is 0 Å². The second-order valence-corrected chi connectivity index (χ2v) is 8.25. The van der Waals surface area contributed by atoms with E-state index in [1.807, 2.05) is 6.20 Å². The van der Waals surface area contributed by atoms with Crippen molar-refractivity contribution in [3.63, 3.8) is 0 Å². The summed E-state index contributed by atoms with van der Waals surface area (Å²) in [5, 5.41) is 3.71. The summed E-state index contributed by atoms with van der Waals surface area (Å²) in [4.78, 5) is 7.02. The van der Waals surface area contributed by atoms with E-state index in [0.717, 1.165) is 28.9 Å². The molecule has 4 heteroatoms. The minimum atomic E-state index is 0.672. The van der Waals surface area contributed by atoms with Gasteiger partial charge in [-0.25, -0.2) is 0 Å². The summed E-state index contributed by atoms with van der Waals surface area (Å²) in [7, 11) is 0. The summed E-state index contributed by atoms with van der Waals surface area (Å²) < 4.78 is 0.762. The molecule has 1 saturated heterocycles. The molecule has 1 aromatic rings. The molecule has 2 heterocycles. The van der Waals surface area contributed by atoms with Crippen LogP contribution in [0.5, 0.6) is 0 Å². The number of hydrogen-bond donors (Lipinski definition) is 1. The second kappa shape index (κ2) is 5.25. The normalized spacial score (nSPS) is 35.8. The zero-order chi connectivity index (χ0) is 13.5. The van der Waals surface area contributed by atoms with Crippen LogP contribution in [0.2, 0.25) is 4.71 Å². The van der Waals surface area contributed by atoms with Gasteiger partial charge in [0.2, 0.25) is 0 Å². The van der Waals surface area contributed by atoms with Crippen molar-refractivity contribution in [2.45, 2.75) is 42.9 Å². The van der Waals surface area contributed by atoms with Crippen molar-refractivity contribution >= 4 is 28.4 Å². The Balaban J connectivity index is 1.46. The zero-order valence-corrected chi connectivity index (χ0v) is 13.7. The number of hydrogen-bond acceptors (Lipinski definition) is 3. The van der Waals surface area contributed by atoms with Crippen LogP contribution in [0.3, 0.4) is 0 Å². The molecule has 3 nitrogen and oxygen atoms in total. The molecule has 1 aromatic heterocycles. The maximum atomic E-state index is 4.54. The molecule has 4 atom stereocenters. The fourth-order valence-electron chi connectivity index (χ4n) is 4.28. The van der Waals surface area contributed by atoms with Crippen LogP contribution in [-0.4, -0.2) is 41.0 Å². The van der Waals surface area contributed by atoms with Crippen molar-refractivity contribution in [2.24, 2.45) is 11.8 Å². The first-order valence-electron chi connectivity index (χ1n) is 7.93. The first-order valence-corrected chi connectivity index (χ1v) is 9.02. The van der Waals surface area contributed by atoms with Crippen molar-refractivity contribution in [2.75, 3.05) is 23.3 Å². The van der Waals surface area contributed by atoms with Crippen LogP contribution in [0.15, 0.2) is 18.3 Å². The molecule has 3 fully saturated rings. The average molecular weight is 331 g/mol. The minimum absolute atomic E-state index is 0.672. The predicted octanol–water partition coefficient (Wildman–Crippen LogP) is 2.85. The monoisotopic (exact) mass is 331 g/mol. The third-order valence-corrected chi connectivity index (χ3v) is 6.23. The van der Waals surface area contributed by atoms with E-state index in [4.69, 9.17) is 0 Å². The summed E-state index contributed by atoms with van der Waals surface area (Å²) in [5.41, 5.74) is 1.33. The van der Waals surface area contributed by atoms with E-state index in [0.29, 0.717) is 6.04 Å². The standard InChI is InChI=1S/C16H22AsN3/c17-13-4-6-20(10-13)14-3-5-18-16(9-14)19-15-8-11-1-2-12(15)7-11/h3,5,9,11-13,15H,1-2,4,6-8,10H2,(H,18,19). The van der Waals surface area contributed by atoms with Gasteiger partial charge in [-0.2, -0.15) is 0 Å². The van der Waals surface area contributed by atoms with Crippen molar-refractivity contribution < 1.29 is 0 Å². The van der Waals surface area contributed by atoms with Crippen molar-refractivity contribution in [1.82, 2.24) is 4.98 Å². The zero-order valence-electron chi connectivity index (χ0n) is 11.8. The molecule has 0 amide bonds. The van der Waals surface area contributed by atoms with Gasteiger partial charge in [-0.05, 0) is 0 Å². The summed E-state index contributed by atoms with van der Waals surface area (Å²) >= 11 is 2.80. The topological polar surface area (TPSA) is 28.2 Å². The summed E-state index contributed by atoms with van der Waals surface area (Å²) in [6, 6.07) is 5.07. The number of fused-ring (bicyclic) bond motifs is 2. The molecular formula is C16H22AsN3. The van der Waals surface area contributed by atoms with Crippen molar-refractivity contribution in [3.05, 3.63) is 18.3 Å². The Hall–Kier alpha value is -0.692. The predicted molar refractivity (Wildman–Crippen MR) is 83.4 cm³/mol. The van der Waals surface area contributed by atoms with E-state index >= 15 is 0 Å². The maximum absolute atomic E-state index is 4.54. The van der Waals surface area contributed by atoms with Crippen LogP contribution in [0.25, 0.3) is 0 Å². The second-order valence-electron chi connectivity index (χ2n) is 6.71. The van der Waals surface area contributed by atoms with Gasteiger partial charge in [-0.1, -0.05) is 0 Å². The number of anilines is 2. The number of pyridine rings is 1. The van der Waals surface area contributed by atoms with Gasteiger partial charge in [0.1, 0.15) is 0 Å². The van der Waals surface area contributed by atoms with Gasteiger partial charge in [0.25, 0.3) is 0 Å². The van der Waals surface area contributed by atoms with Crippen LogP contribution in [0.1, 0.15) is 32.1 Å². The summed E-state index contributed by atoms with van der Waals surface area (Å²) in [5.74, 6) is 2.96. The van der Waals surface area contributed by atoms with E-state index in [-0.39, 0.29) is 0 Å². The van der Waals surface area contributed by atoms with E-state index < -0.39 is 0 Å². The SMILES string of the molecule is [As]C1CCN(c2ccnc(NC3CC4CCC3C4)c2)C1. The van der Waals surface area contributed by atoms with Crippen LogP contribution in [0.4, 0.5) is 11.5 Å². The molecule has 0 spiro atoms. The molecule has 2 aliphatic carbocycles. The molecule has 3 aliphatic rings.